The van der Waals surface area contributed by atoms with E-state index in [4.69, 9.17) is 16.3 Å². The molecule has 140 valence electrons. The van der Waals surface area contributed by atoms with Gasteiger partial charge in [0, 0.05) is 53.4 Å². The molecule has 1 aliphatic heterocycles. The van der Waals surface area contributed by atoms with E-state index in [1.54, 1.807) is 14.2 Å². The van der Waals surface area contributed by atoms with Gasteiger partial charge < -0.3 is 20.3 Å². The third kappa shape index (κ3) is 6.72. The Kier molecular flexibility index (Phi) is 8.86. The Balaban J connectivity index is 1.62. The summed E-state index contributed by atoms with van der Waals surface area (Å²) in [6.07, 6.45) is 1.09. The fourth-order valence-corrected chi connectivity index (χ4v) is 3.18. The highest BCUT2D eigenvalue weighted by Gasteiger charge is 2.18. The lowest BCUT2D eigenvalue weighted by Crippen LogP contribution is -2.47. The van der Waals surface area contributed by atoms with Crippen molar-refractivity contribution in [3.8, 4) is 0 Å². The van der Waals surface area contributed by atoms with Crippen molar-refractivity contribution in [3.63, 3.8) is 0 Å². The van der Waals surface area contributed by atoms with E-state index in [-0.39, 0.29) is 0 Å². The summed E-state index contributed by atoms with van der Waals surface area (Å²) in [6.45, 7) is 7.65. The number of ether oxygens (including phenoxy) is 1. The number of methoxy groups -OCH3 is 1. The molecule has 0 radical (unpaired) electrons. The van der Waals surface area contributed by atoms with Crippen molar-refractivity contribution in [1.82, 2.24) is 15.5 Å². The average molecular weight is 368 g/mol. The van der Waals surface area contributed by atoms with Crippen molar-refractivity contribution in [1.29, 1.82) is 0 Å². The third-order valence-electron chi connectivity index (χ3n) is 4.33. The Morgan fingerprint density at radius 1 is 1.16 bits per heavy atom. The molecule has 1 aromatic rings. The van der Waals surface area contributed by atoms with E-state index in [0.29, 0.717) is 6.61 Å². The number of benzene rings is 1. The van der Waals surface area contributed by atoms with Crippen LogP contribution in [0.2, 0.25) is 5.02 Å². The van der Waals surface area contributed by atoms with E-state index >= 15 is 0 Å². The van der Waals surface area contributed by atoms with Crippen LogP contribution in [-0.4, -0.2) is 77.4 Å². The molecule has 2 rings (SSSR count). The molecule has 0 aliphatic carbocycles. The van der Waals surface area contributed by atoms with Crippen LogP contribution in [0.5, 0.6) is 0 Å². The molecule has 6 nitrogen and oxygen atoms in total. The van der Waals surface area contributed by atoms with Crippen LogP contribution in [0.25, 0.3) is 0 Å². The number of piperazine rings is 1. The first-order valence-corrected chi connectivity index (χ1v) is 9.27. The van der Waals surface area contributed by atoms with Crippen molar-refractivity contribution in [2.24, 2.45) is 4.99 Å². The van der Waals surface area contributed by atoms with Crippen molar-refractivity contribution < 1.29 is 4.74 Å². The largest absolute Gasteiger partial charge is 0.383 e. The van der Waals surface area contributed by atoms with Crippen LogP contribution in [0.15, 0.2) is 29.3 Å². The number of guanidine groups is 1. The van der Waals surface area contributed by atoms with Gasteiger partial charge in [-0.3, -0.25) is 9.89 Å². The molecule has 0 unspecified atom stereocenters. The molecule has 2 N–H and O–H groups in total. The number of hydrogen-bond donors (Lipinski definition) is 2. The molecule has 1 saturated heterocycles. The number of para-hydroxylation sites is 1. The zero-order valence-corrected chi connectivity index (χ0v) is 16.1. The van der Waals surface area contributed by atoms with Crippen molar-refractivity contribution in [2.45, 2.75) is 6.42 Å². The first-order valence-electron chi connectivity index (χ1n) is 8.90. The minimum Gasteiger partial charge on any atom is -0.383 e. The first kappa shape index (κ1) is 19.8. The van der Waals surface area contributed by atoms with Gasteiger partial charge in [0.05, 0.1) is 17.3 Å². The molecule has 0 atom stereocenters. The molecule has 1 aromatic carbocycles. The maximum atomic E-state index is 6.30. The van der Waals surface area contributed by atoms with E-state index in [1.807, 2.05) is 18.2 Å². The van der Waals surface area contributed by atoms with E-state index in [9.17, 15) is 0 Å². The molecular formula is C18H30ClN5O. The van der Waals surface area contributed by atoms with E-state index < -0.39 is 0 Å². The number of aliphatic imine (C=N–C) groups is 1. The number of nitrogens with zero attached hydrogens (tertiary/aromatic N) is 3. The lowest BCUT2D eigenvalue weighted by atomic mass is 10.2. The zero-order chi connectivity index (χ0) is 17.9. The quantitative estimate of drug-likeness (QED) is 0.416. The average Bonchev–Trinajstić information content (AvgIpc) is 2.65. The van der Waals surface area contributed by atoms with E-state index in [1.165, 1.54) is 0 Å². The van der Waals surface area contributed by atoms with Gasteiger partial charge in [0.2, 0.25) is 0 Å². The molecular weight excluding hydrogens is 338 g/mol. The second-order valence-electron chi connectivity index (χ2n) is 6.05. The lowest BCUT2D eigenvalue weighted by molar-refractivity contribution is 0.203. The van der Waals surface area contributed by atoms with Gasteiger partial charge in [-0.25, -0.2) is 0 Å². The predicted molar refractivity (Wildman–Crippen MR) is 106 cm³/mol. The van der Waals surface area contributed by atoms with Crippen LogP contribution < -0.4 is 15.5 Å². The zero-order valence-electron chi connectivity index (χ0n) is 15.3. The Labute approximate surface area is 156 Å². The van der Waals surface area contributed by atoms with Crippen molar-refractivity contribution >= 4 is 23.2 Å². The maximum Gasteiger partial charge on any atom is 0.191 e. The van der Waals surface area contributed by atoms with Crippen LogP contribution in [0.1, 0.15) is 6.42 Å². The number of hydrogen-bond acceptors (Lipinski definition) is 4. The van der Waals surface area contributed by atoms with Crippen molar-refractivity contribution in [2.75, 3.05) is 71.5 Å². The highest BCUT2D eigenvalue weighted by Crippen LogP contribution is 2.25. The fourth-order valence-electron chi connectivity index (χ4n) is 2.92. The maximum absolute atomic E-state index is 6.30. The number of anilines is 1. The second kappa shape index (κ2) is 11.2. The monoisotopic (exact) mass is 367 g/mol. The summed E-state index contributed by atoms with van der Waals surface area (Å²) in [5.74, 6) is 0.834. The topological polar surface area (TPSA) is 52.1 Å². The molecule has 0 spiro atoms. The van der Waals surface area contributed by atoms with Crippen LogP contribution in [0, 0.1) is 0 Å². The van der Waals surface area contributed by atoms with Gasteiger partial charge in [-0.05, 0) is 25.1 Å². The molecule has 25 heavy (non-hydrogen) atoms. The third-order valence-corrected chi connectivity index (χ3v) is 4.65. The Bertz CT molecular complexity index is 532. The highest BCUT2D eigenvalue weighted by atomic mass is 35.5. The summed E-state index contributed by atoms with van der Waals surface area (Å²) in [6, 6.07) is 8.09. The van der Waals surface area contributed by atoms with Crippen LogP contribution in [0.3, 0.4) is 0 Å². The number of nitrogens with one attached hydrogen (secondary N) is 2. The van der Waals surface area contributed by atoms with Gasteiger partial charge in [-0.1, -0.05) is 23.7 Å². The Morgan fingerprint density at radius 3 is 2.56 bits per heavy atom. The van der Waals surface area contributed by atoms with Gasteiger partial charge in [0.1, 0.15) is 0 Å². The molecule has 1 heterocycles. The van der Waals surface area contributed by atoms with Crippen molar-refractivity contribution in [3.05, 3.63) is 29.3 Å². The summed E-state index contributed by atoms with van der Waals surface area (Å²) in [7, 11) is 3.49. The SMILES string of the molecule is CN=C(NCCCN1CCN(c2ccccc2Cl)CC1)NCCOC. The number of halogens is 1. The Hall–Kier alpha value is -1.50. The minimum atomic E-state index is 0.677. The summed E-state index contributed by atoms with van der Waals surface area (Å²) in [4.78, 5) is 9.09. The molecule has 7 heteroatoms. The van der Waals surface area contributed by atoms with Gasteiger partial charge >= 0.3 is 0 Å². The first-order chi connectivity index (χ1) is 12.2. The molecule has 0 saturated carbocycles. The summed E-state index contributed by atoms with van der Waals surface area (Å²) in [5.41, 5.74) is 1.15. The minimum absolute atomic E-state index is 0.677. The summed E-state index contributed by atoms with van der Waals surface area (Å²) < 4.78 is 5.03. The molecule has 1 fully saturated rings. The molecule has 0 amide bonds. The van der Waals surface area contributed by atoms with Gasteiger partial charge in [-0.15, -0.1) is 0 Å². The predicted octanol–water partition coefficient (Wildman–Crippen LogP) is 1.66. The summed E-state index contributed by atoms with van der Waals surface area (Å²) in [5, 5.41) is 7.40. The van der Waals surface area contributed by atoms with Gasteiger partial charge in [0.25, 0.3) is 0 Å². The Morgan fingerprint density at radius 2 is 1.88 bits per heavy atom. The van der Waals surface area contributed by atoms with Crippen LogP contribution >= 0.6 is 11.6 Å². The molecule has 1 aliphatic rings. The van der Waals surface area contributed by atoms with Gasteiger partial charge in [-0.2, -0.15) is 0 Å². The van der Waals surface area contributed by atoms with E-state index in [2.05, 4.69) is 31.5 Å². The van der Waals surface area contributed by atoms with Gasteiger partial charge in [0.15, 0.2) is 5.96 Å². The standard InChI is InChI=1S/C18H30ClN5O/c1-20-18(22-9-15-25-2)21-8-5-10-23-11-13-24(14-12-23)17-7-4-3-6-16(17)19/h3-4,6-7H,5,8-15H2,1-2H3,(H2,20,21,22). The highest BCUT2D eigenvalue weighted by molar-refractivity contribution is 6.33. The fraction of sp³-hybridized carbons (Fsp3) is 0.611. The normalized spacial score (nSPS) is 16.1. The van der Waals surface area contributed by atoms with Crippen LogP contribution in [0.4, 0.5) is 5.69 Å². The summed E-state index contributed by atoms with van der Waals surface area (Å²) >= 11 is 6.30. The second-order valence-corrected chi connectivity index (χ2v) is 6.46. The smallest absolute Gasteiger partial charge is 0.191 e. The molecule has 0 bridgehead atoms. The van der Waals surface area contributed by atoms with Crippen LogP contribution in [-0.2, 0) is 4.74 Å². The van der Waals surface area contributed by atoms with E-state index in [0.717, 1.165) is 68.9 Å². The molecule has 0 aromatic heterocycles. The lowest BCUT2D eigenvalue weighted by Gasteiger charge is -2.36. The number of rotatable bonds is 8.